The van der Waals surface area contributed by atoms with Crippen LogP contribution in [0, 0.1) is 0 Å². The summed E-state index contributed by atoms with van der Waals surface area (Å²) in [5.41, 5.74) is 8.94. The van der Waals surface area contributed by atoms with E-state index in [2.05, 4.69) is 162 Å². The largest absolute Gasteiger partial charge is 0.309 e. The maximum Gasteiger partial charge on any atom is 0.164 e. The molecule has 0 radical (unpaired) electrons. The highest BCUT2D eigenvalue weighted by molar-refractivity contribution is 7.26. The van der Waals surface area contributed by atoms with E-state index in [1.165, 1.54) is 69.3 Å². The summed E-state index contributed by atoms with van der Waals surface area (Å²) in [6.07, 6.45) is 0. The number of rotatable bonds is 5. The fraction of sp³-hybridized carbons (Fsp3) is 0. The van der Waals surface area contributed by atoms with Crippen molar-refractivity contribution in [3.8, 4) is 51.0 Å². The fourth-order valence-corrected chi connectivity index (χ4v) is 10.0. The Kier molecular flexibility index (Phi) is 7.37. The molecule has 0 aliphatic heterocycles. The summed E-state index contributed by atoms with van der Waals surface area (Å²) in [6.45, 7) is 0. The Hall–Kier alpha value is -7.47. The Morgan fingerprint density at radius 3 is 1.55 bits per heavy atom. The molecular weight excluding hydrogens is 725 g/mol. The molecule has 0 saturated carbocycles. The summed E-state index contributed by atoms with van der Waals surface area (Å²) < 4.78 is 4.90. The number of benzene rings is 9. The van der Waals surface area contributed by atoms with Crippen LogP contribution in [-0.2, 0) is 0 Å². The standard InChI is InChI=1S/C53H32N4S/c1-4-16-33(17-5-1)43-31-44-39-24-14-15-27-46(39)57(50(44)41-26-13-11-23-38(41)43)36-28-29-42-47(30-36)58-48-32-45(37-22-10-12-25-40(37)49(42)48)53-55-51(34-18-6-2-7-19-34)54-52(56-53)35-20-8-3-9-21-35/h1-32H. The van der Waals surface area contributed by atoms with Gasteiger partial charge in [0.05, 0.1) is 11.0 Å². The van der Waals surface area contributed by atoms with Crippen molar-refractivity contribution in [3.63, 3.8) is 0 Å². The van der Waals surface area contributed by atoms with E-state index in [1.54, 1.807) is 0 Å². The van der Waals surface area contributed by atoms with Gasteiger partial charge in [-0.2, -0.15) is 0 Å². The highest BCUT2D eigenvalue weighted by Crippen LogP contribution is 2.45. The highest BCUT2D eigenvalue weighted by Gasteiger charge is 2.21. The third kappa shape index (κ3) is 5.11. The second-order valence-corrected chi connectivity index (χ2v) is 15.8. The molecule has 0 unspecified atom stereocenters. The van der Waals surface area contributed by atoms with Crippen LogP contribution in [0.3, 0.4) is 0 Å². The molecule has 0 bridgehead atoms. The van der Waals surface area contributed by atoms with Gasteiger partial charge in [0, 0.05) is 58.7 Å². The quantitative estimate of drug-likeness (QED) is 0.176. The van der Waals surface area contributed by atoms with Crippen LogP contribution in [0.15, 0.2) is 194 Å². The maximum atomic E-state index is 5.15. The molecule has 12 rings (SSSR count). The zero-order chi connectivity index (χ0) is 38.2. The van der Waals surface area contributed by atoms with Crippen molar-refractivity contribution < 1.29 is 0 Å². The van der Waals surface area contributed by atoms with E-state index in [0.717, 1.165) is 27.8 Å². The van der Waals surface area contributed by atoms with E-state index in [9.17, 15) is 0 Å². The van der Waals surface area contributed by atoms with Gasteiger partial charge in [0.15, 0.2) is 17.5 Å². The Morgan fingerprint density at radius 1 is 0.345 bits per heavy atom. The number of nitrogens with zero attached hydrogens (tertiary/aromatic N) is 4. The molecule has 12 aromatic rings. The van der Waals surface area contributed by atoms with Crippen LogP contribution >= 0.6 is 11.3 Å². The van der Waals surface area contributed by atoms with Crippen molar-refractivity contribution in [2.24, 2.45) is 0 Å². The minimum absolute atomic E-state index is 0.657. The number of para-hydroxylation sites is 1. The molecule has 3 aromatic heterocycles. The first kappa shape index (κ1) is 32.7. The van der Waals surface area contributed by atoms with E-state index in [-0.39, 0.29) is 0 Å². The lowest BCUT2D eigenvalue weighted by atomic mass is 9.95. The number of aromatic nitrogens is 4. The summed E-state index contributed by atoms with van der Waals surface area (Å²) >= 11 is 1.83. The number of fused-ring (bicyclic) bond motifs is 10. The Morgan fingerprint density at radius 2 is 0.879 bits per heavy atom. The lowest BCUT2D eigenvalue weighted by Crippen LogP contribution is -2.00. The molecule has 270 valence electrons. The molecule has 9 aromatic carbocycles. The molecule has 5 heteroatoms. The van der Waals surface area contributed by atoms with Gasteiger partial charge < -0.3 is 4.57 Å². The molecular formula is C53H32N4S. The third-order valence-electron chi connectivity index (χ3n) is 11.4. The van der Waals surface area contributed by atoms with Crippen LogP contribution in [-0.4, -0.2) is 19.5 Å². The Balaban J connectivity index is 1.09. The maximum absolute atomic E-state index is 5.15. The first-order chi connectivity index (χ1) is 28.8. The van der Waals surface area contributed by atoms with Crippen molar-refractivity contribution in [2.45, 2.75) is 0 Å². The third-order valence-corrected chi connectivity index (χ3v) is 12.5. The normalized spacial score (nSPS) is 11.8. The summed E-state index contributed by atoms with van der Waals surface area (Å²) in [7, 11) is 0. The van der Waals surface area contributed by atoms with Gasteiger partial charge in [-0.1, -0.05) is 164 Å². The van der Waals surface area contributed by atoms with E-state index in [1.807, 2.05) is 47.7 Å². The highest BCUT2D eigenvalue weighted by atomic mass is 32.1. The molecule has 0 fully saturated rings. The van der Waals surface area contributed by atoms with Crippen molar-refractivity contribution in [1.29, 1.82) is 0 Å². The lowest BCUT2D eigenvalue weighted by Gasteiger charge is -2.13. The molecule has 58 heavy (non-hydrogen) atoms. The van der Waals surface area contributed by atoms with Gasteiger partial charge >= 0.3 is 0 Å². The van der Waals surface area contributed by atoms with Gasteiger partial charge in [-0.05, 0) is 57.6 Å². The predicted octanol–water partition coefficient (Wildman–Crippen LogP) is 14.3. The van der Waals surface area contributed by atoms with Crippen LogP contribution in [0.1, 0.15) is 0 Å². The van der Waals surface area contributed by atoms with Crippen LogP contribution in [0.5, 0.6) is 0 Å². The molecule has 3 heterocycles. The van der Waals surface area contributed by atoms with Gasteiger partial charge in [0.25, 0.3) is 0 Å². The zero-order valence-corrected chi connectivity index (χ0v) is 32.0. The van der Waals surface area contributed by atoms with E-state index >= 15 is 0 Å². The fourth-order valence-electron chi connectivity index (χ4n) is 8.83. The summed E-state index contributed by atoms with van der Waals surface area (Å²) in [6, 6.07) is 69.1. The monoisotopic (exact) mass is 756 g/mol. The smallest absolute Gasteiger partial charge is 0.164 e. The van der Waals surface area contributed by atoms with Crippen LogP contribution < -0.4 is 0 Å². The Bertz CT molecular complexity index is 3500. The van der Waals surface area contributed by atoms with Crippen molar-refractivity contribution in [2.75, 3.05) is 0 Å². The summed E-state index contributed by atoms with van der Waals surface area (Å²) in [5.74, 6) is 1.98. The molecule has 0 aliphatic carbocycles. The molecule has 0 amide bonds. The first-order valence-electron chi connectivity index (χ1n) is 19.5. The molecule has 0 spiro atoms. The minimum Gasteiger partial charge on any atom is -0.309 e. The second kappa shape index (κ2) is 13.1. The van der Waals surface area contributed by atoms with Crippen LogP contribution in [0.4, 0.5) is 0 Å². The molecule has 4 nitrogen and oxygen atoms in total. The number of thiophene rings is 1. The average Bonchev–Trinajstić information content (AvgIpc) is 3.85. The Labute approximate surface area is 338 Å². The topological polar surface area (TPSA) is 43.6 Å². The molecule has 0 N–H and O–H groups in total. The van der Waals surface area contributed by atoms with E-state index < -0.39 is 0 Å². The van der Waals surface area contributed by atoms with Crippen LogP contribution in [0.25, 0.3) is 115 Å². The predicted molar refractivity (Wildman–Crippen MR) is 244 cm³/mol. The zero-order valence-electron chi connectivity index (χ0n) is 31.2. The van der Waals surface area contributed by atoms with Gasteiger partial charge in [0.2, 0.25) is 0 Å². The summed E-state index contributed by atoms with van der Waals surface area (Å²) in [5, 5.41) is 9.79. The van der Waals surface area contributed by atoms with Gasteiger partial charge in [-0.3, -0.25) is 0 Å². The lowest BCUT2D eigenvalue weighted by molar-refractivity contribution is 1.08. The van der Waals surface area contributed by atoms with Crippen molar-refractivity contribution in [1.82, 2.24) is 19.5 Å². The average molecular weight is 757 g/mol. The number of hydrogen-bond donors (Lipinski definition) is 0. The SMILES string of the molecule is c1ccc(-c2nc(-c3ccccc3)nc(-c3cc4sc5cc(-n6c7ccccc7c7cc(-c8ccccc8)c8ccccc8c76)ccc5c4c4ccccc34)n2)cc1. The summed E-state index contributed by atoms with van der Waals surface area (Å²) in [4.78, 5) is 15.3. The first-order valence-corrected chi connectivity index (χ1v) is 20.3. The van der Waals surface area contributed by atoms with Crippen molar-refractivity contribution >= 4 is 74.9 Å². The van der Waals surface area contributed by atoms with Gasteiger partial charge in [-0.15, -0.1) is 11.3 Å². The van der Waals surface area contributed by atoms with E-state index in [4.69, 9.17) is 15.0 Å². The molecule has 0 saturated heterocycles. The molecule has 0 atom stereocenters. The second-order valence-electron chi connectivity index (χ2n) is 14.7. The molecule has 0 aliphatic rings. The number of hydrogen-bond acceptors (Lipinski definition) is 4. The van der Waals surface area contributed by atoms with Gasteiger partial charge in [-0.25, -0.2) is 15.0 Å². The van der Waals surface area contributed by atoms with Crippen molar-refractivity contribution in [3.05, 3.63) is 194 Å². The van der Waals surface area contributed by atoms with Crippen LogP contribution in [0.2, 0.25) is 0 Å². The van der Waals surface area contributed by atoms with E-state index in [0.29, 0.717) is 17.5 Å². The van der Waals surface area contributed by atoms with Gasteiger partial charge in [0.1, 0.15) is 0 Å². The minimum atomic E-state index is 0.657.